The summed E-state index contributed by atoms with van der Waals surface area (Å²) in [6.45, 7) is 2.55. The van der Waals surface area contributed by atoms with Crippen LogP contribution in [0.1, 0.15) is 22.0 Å². The molecule has 0 aliphatic carbocycles. The van der Waals surface area contributed by atoms with Crippen molar-refractivity contribution in [3.05, 3.63) is 45.7 Å². The van der Waals surface area contributed by atoms with Gasteiger partial charge in [0.1, 0.15) is 5.56 Å². The lowest BCUT2D eigenvalue weighted by atomic mass is 10.1. The highest BCUT2D eigenvalue weighted by Crippen LogP contribution is 2.19. The molecular formula is C16H19NO5. The predicted molar refractivity (Wildman–Crippen MR) is 82.7 cm³/mol. The number of methoxy groups -OCH3 is 2. The quantitative estimate of drug-likeness (QED) is 0.881. The Balaban J connectivity index is 2.78. The molecule has 6 heteroatoms. The molecule has 0 atom stereocenters. The first-order chi connectivity index (χ1) is 10.5. The number of ether oxygens (including phenoxy) is 2. The monoisotopic (exact) mass is 305 g/mol. The zero-order valence-electron chi connectivity index (χ0n) is 12.8. The Morgan fingerprint density at radius 2 is 1.91 bits per heavy atom. The minimum atomic E-state index is -1.24. The molecule has 0 amide bonds. The van der Waals surface area contributed by atoms with E-state index in [9.17, 15) is 14.7 Å². The van der Waals surface area contributed by atoms with Crippen LogP contribution in [-0.2, 0) is 9.47 Å². The lowest BCUT2D eigenvalue weighted by molar-refractivity contribution is 0.0691. The number of pyridine rings is 1. The summed E-state index contributed by atoms with van der Waals surface area (Å²) < 4.78 is 12.1. The molecule has 0 fully saturated rings. The van der Waals surface area contributed by atoms with Gasteiger partial charge in [0.05, 0.1) is 24.8 Å². The highest BCUT2D eigenvalue weighted by atomic mass is 16.5. The van der Waals surface area contributed by atoms with Crippen molar-refractivity contribution in [2.24, 2.45) is 0 Å². The molecule has 0 spiro atoms. The minimum absolute atomic E-state index is 0.223. The molecule has 1 heterocycles. The Morgan fingerprint density at radius 3 is 2.45 bits per heavy atom. The van der Waals surface area contributed by atoms with Crippen LogP contribution in [0.4, 0.5) is 0 Å². The van der Waals surface area contributed by atoms with Crippen LogP contribution in [0.3, 0.4) is 0 Å². The van der Waals surface area contributed by atoms with Gasteiger partial charge in [-0.15, -0.1) is 0 Å². The molecule has 6 nitrogen and oxygen atoms in total. The fourth-order valence-corrected chi connectivity index (χ4v) is 2.52. The molecule has 2 rings (SSSR count). The molecule has 0 aliphatic rings. The van der Waals surface area contributed by atoms with E-state index >= 15 is 0 Å². The van der Waals surface area contributed by atoms with Gasteiger partial charge in [0.2, 0.25) is 5.43 Å². The molecule has 1 N–H and O–H groups in total. The smallest absolute Gasteiger partial charge is 0.341 e. The zero-order valence-corrected chi connectivity index (χ0v) is 12.8. The first-order valence-electron chi connectivity index (χ1n) is 6.86. The van der Waals surface area contributed by atoms with Crippen molar-refractivity contribution < 1.29 is 19.4 Å². The second-order valence-electron chi connectivity index (χ2n) is 5.17. The van der Waals surface area contributed by atoms with Gasteiger partial charge in [-0.05, 0) is 19.1 Å². The number of benzene rings is 1. The second kappa shape index (κ2) is 6.72. The Morgan fingerprint density at radius 1 is 1.27 bits per heavy atom. The van der Waals surface area contributed by atoms with E-state index in [4.69, 9.17) is 9.47 Å². The van der Waals surface area contributed by atoms with Gasteiger partial charge in [-0.1, -0.05) is 11.6 Å². The number of carboxylic acids is 1. The maximum atomic E-state index is 12.4. The van der Waals surface area contributed by atoms with Gasteiger partial charge >= 0.3 is 5.97 Å². The number of hydrogen-bond donors (Lipinski definition) is 1. The molecule has 0 bridgehead atoms. The first-order valence-corrected chi connectivity index (χ1v) is 6.86. The Hall–Kier alpha value is -2.18. The number of carboxylic acid groups (broad SMARTS) is 1. The number of aromatic nitrogens is 1. The summed E-state index contributed by atoms with van der Waals surface area (Å²) in [5.41, 5.74) is 0.833. The molecular weight excluding hydrogens is 286 g/mol. The van der Waals surface area contributed by atoms with E-state index in [1.165, 1.54) is 6.20 Å². The van der Waals surface area contributed by atoms with Crippen molar-refractivity contribution in [1.29, 1.82) is 0 Å². The summed E-state index contributed by atoms with van der Waals surface area (Å²) in [5.74, 6) is -1.24. The summed E-state index contributed by atoms with van der Waals surface area (Å²) in [5, 5.41) is 9.67. The van der Waals surface area contributed by atoms with Crippen LogP contribution >= 0.6 is 0 Å². The Labute approximate surface area is 127 Å². The standard InChI is InChI=1S/C16H19NO5/c1-10-4-5-14-12(6-10)15(18)13(16(19)20)7-17(14)11(8-21-2)9-22-3/h4-7,11H,8-9H2,1-3H3,(H,19,20). The maximum absolute atomic E-state index is 12.4. The summed E-state index contributed by atoms with van der Waals surface area (Å²) >= 11 is 0. The number of fused-ring (bicyclic) bond motifs is 1. The number of aryl methyl sites for hydroxylation is 1. The molecule has 22 heavy (non-hydrogen) atoms. The van der Waals surface area contributed by atoms with Crippen molar-refractivity contribution in [2.45, 2.75) is 13.0 Å². The molecule has 2 aromatic rings. The van der Waals surface area contributed by atoms with Crippen LogP contribution in [0, 0.1) is 6.92 Å². The maximum Gasteiger partial charge on any atom is 0.341 e. The Bertz CT molecular complexity index is 744. The van der Waals surface area contributed by atoms with E-state index in [2.05, 4.69) is 0 Å². The van der Waals surface area contributed by atoms with E-state index in [0.29, 0.717) is 24.1 Å². The second-order valence-corrected chi connectivity index (χ2v) is 5.17. The fourth-order valence-electron chi connectivity index (χ4n) is 2.52. The van der Waals surface area contributed by atoms with Crippen LogP contribution in [0.25, 0.3) is 10.9 Å². The van der Waals surface area contributed by atoms with Crippen LogP contribution in [0.2, 0.25) is 0 Å². The summed E-state index contributed by atoms with van der Waals surface area (Å²) in [7, 11) is 3.13. The third kappa shape index (κ3) is 3.03. The number of rotatable bonds is 6. The van der Waals surface area contributed by atoms with Crippen LogP contribution in [0.15, 0.2) is 29.2 Å². The van der Waals surface area contributed by atoms with Gasteiger partial charge in [-0.2, -0.15) is 0 Å². The van der Waals surface area contributed by atoms with Crippen molar-refractivity contribution in [3.63, 3.8) is 0 Å². The van der Waals surface area contributed by atoms with Gasteiger partial charge in [0, 0.05) is 25.8 Å². The van der Waals surface area contributed by atoms with Crippen molar-refractivity contribution in [3.8, 4) is 0 Å². The minimum Gasteiger partial charge on any atom is -0.477 e. The van der Waals surface area contributed by atoms with Crippen molar-refractivity contribution >= 4 is 16.9 Å². The highest BCUT2D eigenvalue weighted by molar-refractivity contribution is 5.92. The van der Waals surface area contributed by atoms with Crippen molar-refractivity contribution in [2.75, 3.05) is 27.4 Å². The number of aromatic carboxylic acids is 1. The SMILES string of the molecule is COCC(COC)n1cc(C(=O)O)c(=O)c2cc(C)ccc21. The molecule has 1 aromatic heterocycles. The fraction of sp³-hybridized carbons (Fsp3) is 0.375. The number of nitrogens with zero attached hydrogens (tertiary/aromatic N) is 1. The molecule has 0 saturated heterocycles. The average molecular weight is 305 g/mol. The summed E-state index contributed by atoms with van der Waals surface area (Å²) in [6.07, 6.45) is 1.37. The molecule has 0 radical (unpaired) electrons. The zero-order chi connectivity index (χ0) is 16.3. The van der Waals surface area contributed by atoms with Crippen LogP contribution in [-0.4, -0.2) is 43.1 Å². The van der Waals surface area contributed by atoms with Gasteiger partial charge < -0.3 is 19.1 Å². The van der Waals surface area contributed by atoms with E-state index in [0.717, 1.165) is 5.56 Å². The molecule has 0 saturated carbocycles. The lowest BCUT2D eigenvalue weighted by Crippen LogP contribution is -2.25. The normalized spacial score (nSPS) is 11.3. The average Bonchev–Trinajstić information content (AvgIpc) is 2.47. The van der Waals surface area contributed by atoms with Crippen LogP contribution < -0.4 is 5.43 Å². The summed E-state index contributed by atoms with van der Waals surface area (Å²) in [6, 6.07) is 5.18. The summed E-state index contributed by atoms with van der Waals surface area (Å²) in [4.78, 5) is 23.7. The van der Waals surface area contributed by atoms with Gasteiger partial charge in [0.15, 0.2) is 0 Å². The Kier molecular flexibility index (Phi) is 4.95. The molecule has 118 valence electrons. The lowest BCUT2D eigenvalue weighted by Gasteiger charge is -2.22. The topological polar surface area (TPSA) is 77.8 Å². The van der Waals surface area contributed by atoms with E-state index < -0.39 is 11.4 Å². The van der Waals surface area contributed by atoms with E-state index in [1.807, 2.05) is 19.1 Å². The van der Waals surface area contributed by atoms with E-state index in [-0.39, 0.29) is 11.6 Å². The molecule has 0 unspecified atom stereocenters. The third-order valence-corrected chi connectivity index (χ3v) is 3.53. The predicted octanol–water partition coefficient (Wildman–Crippen LogP) is 1.84. The number of hydrogen-bond acceptors (Lipinski definition) is 4. The van der Waals surface area contributed by atoms with Crippen molar-refractivity contribution in [1.82, 2.24) is 4.57 Å². The largest absolute Gasteiger partial charge is 0.477 e. The molecule has 1 aromatic carbocycles. The van der Waals surface area contributed by atoms with Crippen LogP contribution in [0.5, 0.6) is 0 Å². The third-order valence-electron chi connectivity index (χ3n) is 3.53. The molecule has 0 aliphatic heterocycles. The number of carbonyl (C=O) groups is 1. The first kappa shape index (κ1) is 16.2. The highest BCUT2D eigenvalue weighted by Gasteiger charge is 2.19. The van der Waals surface area contributed by atoms with E-state index in [1.54, 1.807) is 24.9 Å². The van der Waals surface area contributed by atoms with Gasteiger partial charge in [-0.3, -0.25) is 4.79 Å². The van der Waals surface area contributed by atoms with Gasteiger partial charge in [0.25, 0.3) is 0 Å². The van der Waals surface area contributed by atoms with Gasteiger partial charge in [-0.25, -0.2) is 4.79 Å².